The van der Waals surface area contributed by atoms with Gasteiger partial charge in [0.2, 0.25) is 5.06 Å². The summed E-state index contributed by atoms with van der Waals surface area (Å²) < 4.78 is 16.3. The van der Waals surface area contributed by atoms with Gasteiger partial charge in [0.05, 0.1) is 31.2 Å². The fourth-order valence-electron chi connectivity index (χ4n) is 3.50. The van der Waals surface area contributed by atoms with Crippen molar-refractivity contribution in [2.75, 3.05) is 34.4 Å². The van der Waals surface area contributed by atoms with E-state index in [1.807, 2.05) is 7.05 Å². The molecule has 1 aliphatic rings. The van der Waals surface area contributed by atoms with Crippen molar-refractivity contribution < 1.29 is 23.8 Å². The molecule has 3 N–H and O–H groups in total. The summed E-state index contributed by atoms with van der Waals surface area (Å²) in [5, 5.41) is 0.229. The van der Waals surface area contributed by atoms with Crippen LogP contribution in [0.5, 0.6) is 16.6 Å². The second kappa shape index (κ2) is 8.52. The molecule has 0 unspecified atom stereocenters. The maximum absolute atomic E-state index is 12.7. The van der Waals surface area contributed by atoms with Crippen molar-refractivity contribution in [3.63, 3.8) is 0 Å². The SMILES string of the molecule is COc1cc2nc(-c3nc(C(N)=O)sc3OC(=O)C3CCN(C)CC3)[nH]c2cc1OC. The third-order valence-corrected chi connectivity index (χ3v) is 6.21. The molecule has 164 valence electrons. The van der Waals surface area contributed by atoms with Gasteiger partial charge in [-0.05, 0) is 33.0 Å². The lowest BCUT2D eigenvalue weighted by atomic mass is 9.97. The minimum atomic E-state index is -0.702. The van der Waals surface area contributed by atoms with Crippen molar-refractivity contribution in [1.29, 1.82) is 0 Å². The second-order valence-electron chi connectivity index (χ2n) is 7.33. The number of piperidine rings is 1. The van der Waals surface area contributed by atoms with E-state index in [-0.39, 0.29) is 27.7 Å². The quantitative estimate of drug-likeness (QED) is 0.551. The van der Waals surface area contributed by atoms with E-state index in [9.17, 15) is 9.59 Å². The number of aromatic amines is 1. The Balaban J connectivity index is 1.69. The molecule has 1 fully saturated rings. The normalized spacial score (nSPS) is 15.2. The first-order chi connectivity index (χ1) is 14.9. The average molecular weight is 446 g/mol. The molecule has 1 amide bonds. The molecule has 1 saturated heterocycles. The third-order valence-electron chi connectivity index (χ3n) is 5.26. The molecule has 0 aliphatic carbocycles. The maximum atomic E-state index is 12.7. The molecule has 1 aromatic carbocycles. The van der Waals surface area contributed by atoms with E-state index in [2.05, 4.69) is 19.9 Å². The van der Waals surface area contributed by atoms with Gasteiger partial charge in [0.1, 0.15) is 0 Å². The van der Waals surface area contributed by atoms with Crippen LogP contribution >= 0.6 is 11.3 Å². The average Bonchev–Trinajstić information content (AvgIpc) is 3.36. The van der Waals surface area contributed by atoms with Gasteiger partial charge in [-0.2, -0.15) is 0 Å². The first-order valence-electron chi connectivity index (χ1n) is 9.72. The smallest absolute Gasteiger partial charge is 0.315 e. The van der Waals surface area contributed by atoms with Crippen LogP contribution in [0, 0.1) is 5.92 Å². The van der Waals surface area contributed by atoms with Gasteiger partial charge < -0.3 is 29.8 Å². The van der Waals surface area contributed by atoms with Crippen LogP contribution in [0.15, 0.2) is 12.1 Å². The molecule has 0 atom stereocenters. The Morgan fingerprint density at radius 2 is 1.84 bits per heavy atom. The van der Waals surface area contributed by atoms with Crippen LogP contribution in [-0.2, 0) is 4.79 Å². The van der Waals surface area contributed by atoms with Crippen molar-refractivity contribution in [1.82, 2.24) is 19.9 Å². The van der Waals surface area contributed by atoms with Crippen LogP contribution < -0.4 is 19.9 Å². The highest BCUT2D eigenvalue weighted by Gasteiger charge is 2.28. The lowest BCUT2D eigenvalue weighted by Crippen LogP contribution is -2.35. The largest absolute Gasteiger partial charge is 0.493 e. The van der Waals surface area contributed by atoms with Crippen molar-refractivity contribution in [2.24, 2.45) is 11.7 Å². The van der Waals surface area contributed by atoms with Gasteiger partial charge in [-0.25, -0.2) is 9.97 Å². The highest BCUT2D eigenvalue weighted by atomic mass is 32.1. The first kappa shape index (κ1) is 21.1. The van der Waals surface area contributed by atoms with Crippen molar-refractivity contribution in [3.8, 4) is 28.1 Å². The molecule has 11 heteroatoms. The van der Waals surface area contributed by atoms with Crippen molar-refractivity contribution in [3.05, 3.63) is 17.1 Å². The Bertz CT molecular complexity index is 1090. The molecule has 4 rings (SSSR count). The van der Waals surface area contributed by atoms with Crippen LogP contribution in [-0.4, -0.2) is 66.1 Å². The van der Waals surface area contributed by atoms with Crippen LogP contribution in [0.4, 0.5) is 0 Å². The minimum Gasteiger partial charge on any atom is -0.493 e. The van der Waals surface area contributed by atoms with E-state index in [0.29, 0.717) is 28.4 Å². The molecule has 0 saturated carbocycles. The van der Waals surface area contributed by atoms with Gasteiger partial charge in [0, 0.05) is 12.1 Å². The van der Waals surface area contributed by atoms with E-state index in [1.54, 1.807) is 19.2 Å². The number of nitrogens with one attached hydrogen (secondary N) is 1. The number of fused-ring (bicyclic) bond motifs is 1. The number of H-pyrrole nitrogens is 1. The number of hydrogen-bond donors (Lipinski definition) is 2. The van der Waals surface area contributed by atoms with E-state index < -0.39 is 5.91 Å². The number of nitrogens with zero attached hydrogens (tertiary/aromatic N) is 3. The number of imidazole rings is 1. The summed E-state index contributed by atoms with van der Waals surface area (Å²) in [5.41, 5.74) is 6.95. The Morgan fingerprint density at radius 3 is 2.48 bits per heavy atom. The maximum Gasteiger partial charge on any atom is 0.315 e. The van der Waals surface area contributed by atoms with Crippen LogP contribution in [0.25, 0.3) is 22.6 Å². The Kier molecular flexibility index (Phi) is 5.79. The standard InChI is InChI=1S/C20H23N5O5S/c1-25-6-4-10(5-7-25)19(27)30-20-15(24-18(31-20)16(21)26)17-22-11-8-13(28-2)14(29-3)9-12(11)23-17/h8-10H,4-7H2,1-3H3,(H2,21,26)(H,22,23). The Hall–Kier alpha value is -3.18. The fraction of sp³-hybridized carbons (Fsp3) is 0.400. The van der Waals surface area contributed by atoms with Crippen LogP contribution in [0.3, 0.4) is 0 Å². The summed E-state index contributed by atoms with van der Waals surface area (Å²) >= 11 is 0.932. The zero-order chi connectivity index (χ0) is 22.1. The number of aromatic nitrogens is 3. The predicted molar refractivity (Wildman–Crippen MR) is 115 cm³/mol. The number of esters is 1. The first-order valence-corrected chi connectivity index (χ1v) is 10.5. The highest BCUT2D eigenvalue weighted by molar-refractivity contribution is 7.16. The molecule has 2 aromatic heterocycles. The zero-order valence-electron chi connectivity index (χ0n) is 17.4. The molecular formula is C20H23N5O5S. The fourth-order valence-corrected chi connectivity index (χ4v) is 4.27. The summed E-state index contributed by atoms with van der Waals surface area (Å²) in [4.78, 5) is 38.6. The van der Waals surface area contributed by atoms with Gasteiger partial charge in [-0.15, -0.1) is 0 Å². The number of primary amides is 1. The molecule has 3 aromatic rings. The minimum absolute atomic E-state index is 0.0387. The number of thiazole rings is 1. The van der Waals surface area contributed by atoms with E-state index >= 15 is 0 Å². The topological polar surface area (TPSA) is 133 Å². The number of hydrogen-bond acceptors (Lipinski definition) is 9. The summed E-state index contributed by atoms with van der Waals surface area (Å²) in [7, 11) is 5.10. The molecule has 0 spiro atoms. The van der Waals surface area contributed by atoms with Crippen molar-refractivity contribution >= 4 is 34.2 Å². The highest BCUT2D eigenvalue weighted by Crippen LogP contribution is 2.38. The van der Waals surface area contributed by atoms with Gasteiger partial charge in [0.15, 0.2) is 28.0 Å². The number of carbonyl (C=O) groups is 2. The molecule has 3 heterocycles. The number of ether oxygens (including phenoxy) is 3. The van der Waals surface area contributed by atoms with E-state index in [1.165, 1.54) is 7.11 Å². The van der Waals surface area contributed by atoms with Gasteiger partial charge >= 0.3 is 5.97 Å². The second-order valence-corrected chi connectivity index (χ2v) is 8.29. The molecule has 0 radical (unpaired) electrons. The number of nitrogens with two attached hydrogens (primary N) is 1. The van der Waals surface area contributed by atoms with Crippen molar-refractivity contribution in [2.45, 2.75) is 12.8 Å². The zero-order valence-corrected chi connectivity index (χ0v) is 18.2. The van der Waals surface area contributed by atoms with Gasteiger partial charge in [0.25, 0.3) is 5.91 Å². The summed E-state index contributed by atoms with van der Waals surface area (Å²) in [6.07, 6.45) is 1.44. The number of carbonyl (C=O) groups excluding carboxylic acids is 2. The monoisotopic (exact) mass is 445 g/mol. The van der Waals surface area contributed by atoms with Gasteiger partial charge in [-0.1, -0.05) is 11.3 Å². The number of methoxy groups -OCH3 is 2. The number of amides is 1. The Labute approximate surface area is 182 Å². The summed E-state index contributed by atoms with van der Waals surface area (Å²) in [6, 6.07) is 3.47. The Morgan fingerprint density at radius 1 is 1.16 bits per heavy atom. The lowest BCUT2D eigenvalue weighted by molar-refractivity contribution is -0.140. The summed E-state index contributed by atoms with van der Waals surface area (Å²) in [6.45, 7) is 1.66. The number of likely N-dealkylation sites (tertiary alicyclic amines) is 1. The molecule has 1 aliphatic heterocycles. The predicted octanol–water partition coefficient (Wildman–Crippen LogP) is 2.05. The van der Waals surface area contributed by atoms with E-state index in [0.717, 1.165) is 37.3 Å². The molecule has 31 heavy (non-hydrogen) atoms. The third kappa shape index (κ3) is 4.19. The molecular weight excluding hydrogens is 422 g/mol. The summed E-state index contributed by atoms with van der Waals surface area (Å²) in [5.74, 6) is 0.168. The lowest BCUT2D eigenvalue weighted by Gasteiger charge is -2.27. The number of benzene rings is 1. The van der Waals surface area contributed by atoms with Gasteiger partial charge in [-0.3, -0.25) is 9.59 Å². The van der Waals surface area contributed by atoms with Crippen LogP contribution in [0.2, 0.25) is 0 Å². The molecule has 0 bridgehead atoms. The van der Waals surface area contributed by atoms with E-state index in [4.69, 9.17) is 19.9 Å². The van der Waals surface area contributed by atoms with Crippen LogP contribution in [0.1, 0.15) is 22.6 Å². The number of rotatable bonds is 6. The molecule has 10 nitrogen and oxygen atoms in total.